The molecule has 9 heteroatoms. The molecule has 3 rings (SSSR count). The van der Waals surface area contributed by atoms with Crippen molar-refractivity contribution in [1.82, 2.24) is 9.88 Å². The van der Waals surface area contributed by atoms with Gasteiger partial charge in [-0.1, -0.05) is 0 Å². The number of benzene rings is 1. The molecular formula is C24H33N3O6. The lowest BCUT2D eigenvalue weighted by Crippen LogP contribution is -2.38. The number of hydrogen-bond acceptors (Lipinski definition) is 8. The molecule has 1 aliphatic rings. The van der Waals surface area contributed by atoms with E-state index in [0.717, 1.165) is 32.8 Å². The fourth-order valence-corrected chi connectivity index (χ4v) is 3.37. The minimum absolute atomic E-state index is 0.303. The summed E-state index contributed by atoms with van der Waals surface area (Å²) < 4.78 is 28.1. The summed E-state index contributed by atoms with van der Waals surface area (Å²) in [6.07, 6.45) is 1.57. The van der Waals surface area contributed by atoms with Crippen LogP contribution in [-0.4, -0.2) is 75.1 Å². The van der Waals surface area contributed by atoms with E-state index < -0.39 is 0 Å². The van der Waals surface area contributed by atoms with Gasteiger partial charge in [0.15, 0.2) is 11.5 Å². The van der Waals surface area contributed by atoms with Crippen molar-refractivity contribution < 1.29 is 28.5 Å². The molecule has 1 amide bonds. The molecule has 1 aromatic heterocycles. The third kappa shape index (κ3) is 7.23. The summed E-state index contributed by atoms with van der Waals surface area (Å²) in [5.74, 6) is 1.65. The van der Waals surface area contributed by atoms with Crippen molar-refractivity contribution in [2.75, 3.05) is 64.6 Å². The maximum atomic E-state index is 12.9. The highest BCUT2D eigenvalue weighted by Gasteiger charge is 2.18. The number of hydrogen-bond donors (Lipinski definition) is 1. The van der Waals surface area contributed by atoms with Crippen LogP contribution in [0.4, 0.5) is 5.69 Å². The molecule has 33 heavy (non-hydrogen) atoms. The lowest BCUT2D eigenvalue weighted by atomic mass is 10.1. The minimum Gasteiger partial charge on any atom is -0.490 e. The van der Waals surface area contributed by atoms with Crippen molar-refractivity contribution in [3.8, 4) is 23.1 Å². The molecular weight excluding hydrogens is 426 g/mol. The van der Waals surface area contributed by atoms with Crippen molar-refractivity contribution in [3.05, 3.63) is 36.0 Å². The van der Waals surface area contributed by atoms with E-state index in [1.165, 1.54) is 0 Å². The van der Waals surface area contributed by atoms with Crippen molar-refractivity contribution in [1.29, 1.82) is 0 Å². The van der Waals surface area contributed by atoms with Crippen LogP contribution in [0.2, 0.25) is 0 Å². The number of amides is 1. The molecule has 0 spiro atoms. The molecule has 0 aliphatic carbocycles. The first-order valence-corrected chi connectivity index (χ1v) is 11.4. The first-order valence-electron chi connectivity index (χ1n) is 11.4. The Kier molecular flexibility index (Phi) is 9.59. The maximum Gasteiger partial charge on any atom is 0.255 e. The van der Waals surface area contributed by atoms with E-state index >= 15 is 0 Å². The van der Waals surface area contributed by atoms with E-state index in [2.05, 4.69) is 15.2 Å². The maximum absolute atomic E-state index is 12.9. The Morgan fingerprint density at radius 1 is 1.00 bits per heavy atom. The molecule has 0 atom stereocenters. The molecule has 180 valence electrons. The molecule has 0 radical (unpaired) electrons. The molecule has 0 unspecified atom stereocenters. The Labute approximate surface area is 194 Å². The van der Waals surface area contributed by atoms with Crippen molar-refractivity contribution >= 4 is 11.6 Å². The highest BCUT2D eigenvalue weighted by atomic mass is 16.5. The number of morpholine rings is 1. The highest BCUT2D eigenvalue weighted by Crippen LogP contribution is 2.39. The average Bonchev–Trinajstić information content (AvgIpc) is 2.83. The number of rotatable bonds is 12. The number of anilines is 1. The summed E-state index contributed by atoms with van der Waals surface area (Å²) in [7, 11) is 0. The molecule has 0 saturated carbocycles. The predicted molar refractivity (Wildman–Crippen MR) is 125 cm³/mol. The molecule has 2 aromatic rings. The van der Waals surface area contributed by atoms with Crippen LogP contribution in [0.5, 0.6) is 23.1 Å². The fraction of sp³-hybridized carbons (Fsp3) is 0.500. The standard InChI is InChI=1S/C24H33N3O6/c1-4-30-20-15-18(16-21(31-5-2)23(20)32-6-3)24(28)26-19-7-8-22(25-17-19)33-14-11-27-9-12-29-13-10-27/h7-8,15-17H,4-6,9-14H2,1-3H3,(H,26,28). The summed E-state index contributed by atoms with van der Waals surface area (Å²) in [5.41, 5.74) is 0.960. The largest absolute Gasteiger partial charge is 0.490 e. The van der Waals surface area contributed by atoms with Gasteiger partial charge in [0.05, 0.1) is 44.9 Å². The third-order valence-corrected chi connectivity index (χ3v) is 4.93. The second-order valence-electron chi connectivity index (χ2n) is 7.24. The summed E-state index contributed by atoms with van der Waals surface area (Å²) in [4.78, 5) is 19.5. The van der Waals surface area contributed by atoms with Crippen LogP contribution in [0.1, 0.15) is 31.1 Å². The number of carbonyl (C=O) groups excluding carboxylic acids is 1. The summed E-state index contributed by atoms with van der Waals surface area (Å²) in [6.45, 7) is 11.7. The zero-order valence-electron chi connectivity index (χ0n) is 19.6. The molecule has 1 N–H and O–H groups in total. The number of nitrogens with zero attached hydrogens (tertiary/aromatic N) is 2. The third-order valence-electron chi connectivity index (χ3n) is 4.93. The van der Waals surface area contributed by atoms with Crippen LogP contribution in [0.25, 0.3) is 0 Å². The van der Waals surface area contributed by atoms with Gasteiger partial charge in [-0.2, -0.15) is 0 Å². The van der Waals surface area contributed by atoms with Gasteiger partial charge in [0.25, 0.3) is 5.91 Å². The number of ether oxygens (including phenoxy) is 5. The van der Waals surface area contributed by atoms with E-state index in [1.807, 2.05) is 20.8 Å². The number of aromatic nitrogens is 1. The monoisotopic (exact) mass is 459 g/mol. The molecule has 1 aliphatic heterocycles. The topological polar surface area (TPSA) is 91.4 Å². The van der Waals surface area contributed by atoms with Crippen LogP contribution >= 0.6 is 0 Å². The van der Waals surface area contributed by atoms with Gasteiger partial charge in [-0.05, 0) is 39.0 Å². The SMILES string of the molecule is CCOc1cc(C(=O)Nc2ccc(OCCN3CCOCC3)nc2)cc(OCC)c1OCC. The Balaban J connectivity index is 1.62. The van der Waals surface area contributed by atoms with E-state index in [-0.39, 0.29) is 5.91 Å². The molecule has 2 heterocycles. The lowest BCUT2D eigenvalue weighted by Gasteiger charge is -2.26. The van der Waals surface area contributed by atoms with E-state index in [9.17, 15) is 4.79 Å². The van der Waals surface area contributed by atoms with E-state index in [0.29, 0.717) is 60.8 Å². The normalized spacial score (nSPS) is 13.9. The molecule has 1 aromatic carbocycles. The highest BCUT2D eigenvalue weighted by molar-refractivity contribution is 6.05. The van der Waals surface area contributed by atoms with Crippen molar-refractivity contribution in [3.63, 3.8) is 0 Å². The Hall–Kier alpha value is -3.04. The number of nitrogens with one attached hydrogen (secondary N) is 1. The molecule has 0 bridgehead atoms. The summed E-state index contributed by atoms with van der Waals surface area (Å²) in [5, 5.41) is 2.85. The van der Waals surface area contributed by atoms with Gasteiger partial charge < -0.3 is 29.0 Å². The van der Waals surface area contributed by atoms with E-state index in [1.54, 1.807) is 30.5 Å². The van der Waals surface area contributed by atoms with Gasteiger partial charge >= 0.3 is 0 Å². The molecule has 1 fully saturated rings. The van der Waals surface area contributed by atoms with Crippen LogP contribution in [0.3, 0.4) is 0 Å². The van der Waals surface area contributed by atoms with Gasteiger partial charge in [0.1, 0.15) is 6.61 Å². The Morgan fingerprint density at radius 2 is 1.67 bits per heavy atom. The van der Waals surface area contributed by atoms with Crippen molar-refractivity contribution in [2.45, 2.75) is 20.8 Å². The van der Waals surface area contributed by atoms with Gasteiger partial charge in [0.2, 0.25) is 11.6 Å². The molecule has 9 nitrogen and oxygen atoms in total. The zero-order chi connectivity index (χ0) is 23.5. The average molecular weight is 460 g/mol. The second kappa shape index (κ2) is 12.9. The summed E-state index contributed by atoms with van der Waals surface area (Å²) >= 11 is 0. The Morgan fingerprint density at radius 3 is 2.24 bits per heavy atom. The number of pyridine rings is 1. The van der Waals surface area contributed by atoms with Crippen molar-refractivity contribution in [2.24, 2.45) is 0 Å². The van der Waals surface area contributed by atoms with Gasteiger partial charge in [-0.3, -0.25) is 9.69 Å². The second-order valence-corrected chi connectivity index (χ2v) is 7.24. The first-order chi connectivity index (χ1) is 16.1. The zero-order valence-corrected chi connectivity index (χ0v) is 19.6. The smallest absolute Gasteiger partial charge is 0.255 e. The minimum atomic E-state index is -0.303. The van der Waals surface area contributed by atoms with Crippen LogP contribution < -0.4 is 24.3 Å². The summed E-state index contributed by atoms with van der Waals surface area (Å²) in [6, 6.07) is 6.81. The lowest BCUT2D eigenvalue weighted by molar-refractivity contribution is 0.0320. The van der Waals surface area contributed by atoms with Gasteiger partial charge in [-0.25, -0.2) is 4.98 Å². The Bertz CT molecular complexity index is 857. The number of carbonyl (C=O) groups is 1. The van der Waals surface area contributed by atoms with Crippen LogP contribution in [-0.2, 0) is 4.74 Å². The predicted octanol–water partition coefficient (Wildman–Crippen LogP) is 3.24. The van der Waals surface area contributed by atoms with Gasteiger partial charge in [-0.15, -0.1) is 0 Å². The fourth-order valence-electron chi connectivity index (χ4n) is 3.37. The molecule has 1 saturated heterocycles. The van der Waals surface area contributed by atoms with Crippen LogP contribution in [0, 0.1) is 0 Å². The van der Waals surface area contributed by atoms with Crippen LogP contribution in [0.15, 0.2) is 30.5 Å². The van der Waals surface area contributed by atoms with E-state index in [4.69, 9.17) is 23.7 Å². The van der Waals surface area contributed by atoms with Gasteiger partial charge in [0, 0.05) is 31.3 Å². The first kappa shape index (κ1) is 24.6. The quantitative estimate of drug-likeness (QED) is 0.517.